The Morgan fingerprint density at radius 2 is 2.38 bits per heavy atom. The normalized spacial score (nSPS) is 19.8. The number of rotatable bonds is 4. The molecule has 0 aliphatic heterocycles. The van der Waals surface area contributed by atoms with Gasteiger partial charge < -0.3 is 5.73 Å². The maximum absolute atomic E-state index is 6.08. The first-order valence-corrected chi connectivity index (χ1v) is 6.05. The van der Waals surface area contributed by atoms with Crippen LogP contribution in [-0.2, 0) is 6.42 Å². The van der Waals surface area contributed by atoms with E-state index in [1.165, 1.54) is 31.2 Å². The first kappa shape index (κ1) is 9.22. The Kier molecular flexibility index (Phi) is 3.01. The van der Waals surface area contributed by atoms with Gasteiger partial charge in [0.05, 0.1) is 0 Å². The molecular formula is C11H17NS. The second-order valence-electron chi connectivity index (χ2n) is 4.13. The lowest BCUT2D eigenvalue weighted by atomic mass is 9.80. The number of nitrogens with two attached hydrogens (primary N) is 1. The highest BCUT2D eigenvalue weighted by molar-refractivity contribution is 7.07. The molecule has 0 spiro atoms. The minimum absolute atomic E-state index is 0.389. The first-order valence-electron chi connectivity index (χ1n) is 5.11. The van der Waals surface area contributed by atoms with Crippen LogP contribution in [0.5, 0.6) is 0 Å². The summed E-state index contributed by atoms with van der Waals surface area (Å²) in [6, 6.07) is 2.57. The van der Waals surface area contributed by atoms with Crippen molar-refractivity contribution >= 4 is 11.3 Å². The van der Waals surface area contributed by atoms with Crippen molar-refractivity contribution in [2.45, 2.75) is 38.1 Å². The van der Waals surface area contributed by atoms with Crippen LogP contribution in [0.15, 0.2) is 16.8 Å². The second-order valence-corrected chi connectivity index (χ2v) is 4.91. The van der Waals surface area contributed by atoms with E-state index in [9.17, 15) is 0 Å². The monoisotopic (exact) mass is 195 g/mol. The van der Waals surface area contributed by atoms with E-state index in [0.717, 1.165) is 12.3 Å². The lowest BCUT2D eigenvalue weighted by Gasteiger charge is -2.27. The summed E-state index contributed by atoms with van der Waals surface area (Å²) in [5.74, 6) is 0.939. The third kappa shape index (κ3) is 2.55. The fourth-order valence-corrected chi connectivity index (χ4v) is 2.63. The van der Waals surface area contributed by atoms with E-state index in [4.69, 9.17) is 5.73 Å². The van der Waals surface area contributed by atoms with Crippen molar-refractivity contribution in [3.8, 4) is 0 Å². The molecule has 1 nitrogen and oxygen atoms in total. The van der Waals surface area contributed by atoms with E-state index >= 15 is 0 Å². The highest BCUT2D eigenvalue weighted by Gasteiger charge is 2.20. The van der Waals surface area contributed by atoms with Crippen molar-refractivity contribution in [3.63, 3.8) is 0 Å². The van der Waals surface area contributed by atoms with Gasteiger partial charge in [-0.3, -0.25) is 0 Å². The van der Waals surface area contributed by atoms with Gasteiger partial charge in [-0.15, -0.1) is 0 Å². The summed E-state index contributed by atoms with van der Waals surface area (Å²) < 4.78 is 0. The predicted octanol–water partition coefficient (Wildman–Crippen LogP) is 2.81. The summed E-state index contributed by atoms with van der Waals surface area (Å²) in [7, 11) is 0. The fraction of sp³-hybridized carbons (Fsp3) is 0.636. The summed E-state index contributed by atoms with van der Waals surface area (Å²) >= 11 is 1.76. The average molecular weight is 195 g/mol. The number of hydrogen-bond donors (Lipinski definition) is 1. The average Bonchev–Trinajstić information content (AvgIpc) is 2.49. The van der Waals surface area contributed by atoms with Gasteiger partial charge in [0.25, 0.3) is 0 Å². The third-order valence-corrected chi connectivity index (χ3v) is 3.67. The van der Waals surface area contributed by atoms with Gasteiger partial charge in [-0.25, -0.2) is 0 Å². The molecule has 1 aromatic heterocycles. The van der Waals surface area contributed by atoms with E-state index in [-0.39, 0.29) is 0 Å². The molecule has 72 valence electrons. The maximum atomic E-state index is 6.08. The van der Waals surface area contributed by atoms with Crippen molar-refractivity contribution in [1.29, 1.82) is 0 Å². The molecule has 1 unspecified atom stereocenters. The molecule has 13 heavy (non-hydrogen) atoms. The molecule has 1 aliphatic rings. The Morgan fingerprint density at radius 3 is 2.92 bits per heavy atom. The van der Waals surface area contributed by atoms with Crippen molar-refractivity contribution in [2.24, 2.45) is 11.7 Å². The summed E-state index contributed by atoms with van der Waals surface area (Å²) in [4.78, 5) is 0. The van der Waals surface area contributed by atoms with Crippen LogP contribution >= 0.6 is 11.3 Å². The van der Waals surface area contributed by atoms with E-state index in [0.29, 0.717) is 6.04 Å². The highest BCUT2D eigenvalue weighted by atomic mass is 32.1. The molecule has 0 saturated heterocycles. The molecule has 1 atom stereocenters. The van der Waals surface area contributed by atoms with Crippen molar-refractivity contribution in [2.75, 3.05) is 0 Å². The summed E-state index contributed by atoms with van der Waals surface area (Å²) in [6.45, 7) is 0. The van der Waals surface area contributed by atoms with Gasteiger partial charge in [0.2, 0.25) is 0 Å². The second kappa shape index (κ2) is 4.25. The SMILES string of the molecule is NC(Cc1ccsc1)CC1CCC1. The zero-order chi connectivity index (χ0) is 9.10. The molecule has 0 aromatic carbocycles. The van der Waals surface area contributed by atoms with Crippen LogP contribution in [0.25, 0.3) is 0 Å². The predicted molar refractivity (Wildman–Crippen MR) is 58.0 cm³/mol. The summed E-state index contributed by atoms with van der Waals surface area (Å²) in [5, 5.41) is 4.34. The van der Waals surface area contributed by atoms with Gasteiger partial charge in [-0.05, 0) is 41.1 Å². The largest absolute Gasteiger partial charge is 0.327 e. The van der Waals surface area contributed by atoms with Gasteiger partial charge in [-0.1, -0.05) is 19.3 Å². The quantitative estimate of drug-likeness (QED) is 0.785. The number of thiophene rings is 1. The van der Waals surface area contributed by atoms with Crippen LogP contribution < -0.4 is 5.73 Å². The van der Waals surface area contributed by atoms with Gasteiger partial charge >= 0.3 is 0 Å². The summed E-state index contributed by atoms with van der Waals surface area (Å²) in [5.41, 5.74) is 7.49. The molecule has 1 aromatic rings. The third-order valence-electron chi connectivity index (χ3n) is 2.94. The lowest BCUT2D eigenvalue weighted by molar-refractivity contribution is 0.275. The standard InChI is InChI=1S/C11H17NS/c12-11(6-9-2-1-3-9)7-10-4-5-13-8-10/h4-5,8-9,11H,1-3,6-7,12H2. The van der Waals surface area contributed by atoms with Crippen LogP contribution in [0, 0.1) is 5.92 Å². The van der Waals surface area contributed by atoms with Crippen LogP contribution in [0.4, 0.5) is 0 Å². The van der Waals surface area contributed by atoms with Crippen LogP contribution in [0.3, 0.4) is 0 Å². The molecular weight excluding hydrogens is 178 g/mol. The Balaban J connectivity index is 1.74. The Bertz CT molecular complexity index is 239. The topological polar surface area (TPSA) is 26.0 Å². The lowest BCUT2D eigenvalue weighted by Crippen LogP contribution is -2.28. The minimum Gasteiger partial charge on any atom is -0.327 e. The smallest absolute Gasteiger partial charge is 0.00822 e. The van der Waals surface area contributed by atoms with Gasteiger partial charge in [0.1, 0.15) is 0 Å². The molecule has 0 amide bonds. The van der Waals surface area contributed by atoms with Crippen LogP contribution in [-0.4, -0.2) is 6.04 Å². The fourth-order valence-electron chi connectivity index (χ4n) is 1.95. The number of hydrogen-bond acceptors (Lipinski definition) is 2. The molecule has 0 bridgehead atoms. The molecule has 0 radical (unpaired) electrons. The Labute approximate surface area is 84.0 Å². The zero-order valence-corrected chi connectivity index (χ0v) is 8.72. The molecule has 1 heterocycles. The van der Waals surface area contributed by atoms with E-state index < -0.39 is 0 Å². The van der Waals surface area contributed by atoms with Gasteiger partial charge in [0, 0.05) is 6.04 Å². The zero-order valence-electron chi connectivity index (χ0n) is 7.91. The molecule has 1 aliphatic carbocycles. The minimum atomic E-state index is 0.389. The molecule has 2 rings (SSSR count). The van der Waals surface area contributed by atoms with Crippen molar-refractivity contribution < 1.29 is 0 Å². The Morgan fingerprint density at radius 1 is 1.54 bits per heavy atom. The van der Waals surface area contributed by atoms with Crippen LogP contribution in [0.2, 0.25) is 0 Å². The molecule has 2 heteroatoms. The molecule has 1 fully saturated rings. The molecule has 2 N–H and O–H groups in total. The highest BCUT2D eigenvalue weighted by Crippen LogP contribution is 2.30. The van der Waals surface area contributed by atoms with Gasteiger partial charge in [0.15, 0.2) is 0 Å². The van der Waals surface area contributed by atoms with Crippen molar-refractivity contribution in [1.82, 2.24) is 0 Å². The maximum Gasteiger partial charge on any atom is 0.00822 e. The van der Waals surface area contributed by atoms with Crippen molar-refractivity contribution in [3.05, 3.63) is 22.4 Å². The summed E-state index contributed by atoms with van der Waals surface area (Å²) in [6.07, 6.45) is 6.56. The van der Waals surface area contributed by atoms with Gasteiger partial charge in [-0.2, -0.15) is 11.3 Å². The Hall–Kier alpha value is -0.340. The van der Waals surface area contributed by atoms with E-state index in [1.54, 1.807) is 11.3 Å². The first-order chi connectivity index (χ1) is 6.34. The van der Waals surface area contributed by atoms with Crippen LogP contribution in [0.1, 0.15) is 31.2 Å². The van der Waals surface area contributed by atoms with E-state index in [1.807, 2.05) is 0 Å². The molecule has 1 saturated carbocycles. The van der Waals surface area contributed by atoms with E-state index in [2.05, 4.69) is 16.8 Å².